The minimum Gasteiger partial charge on any atom is -0.872 e. The van der Waals surface area contributed by atoms with Gasteiger partial charge in [0.2, 0.25) is 0 Å². The topological polar surface area (TPSA) is 177 Å². The van der Waals surface area contributed by atoms with Gasteiger partial charge in [-0.2, -0.15) is 0 Å². The van der Waals surface area contributed by atoms with Crippen molar-refractivity contribution in [3.63, 3.8) is 0 Å². The van der Waals surface area contributed by atoms with Crippen molar-refractivity contribution >= 4 is 23.1 Å². The Bertz CT molecular complexity index is 1040. The predicted octanol–water partition coefficient (Wildman–Crippen LogP) is 0.519. The van der Waals surface area contributed by atoms with Gasteiger partial charge in [-0.3, -0.25) is 19.2 Å². The summed E-state index contributed by atoms with van der Waals surface area (Å²) in [6.45, 7) is 3.14. The van der Waals surface area contributed by atoms with Crippen molar-refractivity contribution in [2.24, 2.45) is 0 Å². The zero-order chi connectivity index (χ0) is 20.6. The minimum absolute atomic E-state index is 0. The standard InChI is InChI=1S/2C11H8O3.Cu.2H2O/c2*1-6-5-9(13)10-7(11(6)14)3-2-4-8(10)12;;;/h2*2-5,12H,1H3;;2*1H2/q;;+2;;/p-2. The fraction of sp³-hybridized carbons (Fsp3) is 0.0909. The van der Waals surface area contributed by atoms with E-state index < -0.39 is 0 Å². The number of hydrogen-bond acceptors (Lipinski definition) is 6. The van der Waals surface area contributed by atoms with Gasteiger partial charge >= 0.3 is 17.1 Å². The number of benzene rings is 2. The van der Waals surface area contributed by atoms with Gasteiger partial charge in [0.25, 0.3) is 0 Å². The Morgan fingerprint density at radius 2 is 0.935 bits per heavy atom. The molecule has 0 aliphatic heterocycles. The summed E-state index contributed by atoms with van der Waals surface area (Å²) in [6, 6.07) is 8.58. The second kappa shape index (κ2) is 10.6. The molecule has 4 rings (SSSR count). The zero-order valence-corrected chi connectivity index (χ0v) is 17.3. The molecule has 1 radical (unpaired) electrons. The second-order valence-corrected chi connectivity index (χ2v) is 6.40. The van der Waals surface area contributed by atoms with Crippen LogP contribution in [0.1, 0.15) is 55.3 Å². The molecule has 2 aromatic rings. The normalized spacial score (nSPS) is 13.6. The van der Waals surface area contributed by atoms with Gasteiger partial charge in [-0.25, -0.2) is 0 Å². The summed E-state index contributed by atoms with van der Waals surface area (Å²) in [5.74, 6) is -1.99. The summed E-state index contributed by atoms with van der Waals surface area (Å²) >= 11 is 0. The molecule has 0 heterocycles. The molecule has 2 aromatic carbocycles. The molecular formula is C22H18CuO8. The van der Waals surface area contributed by atoms with Crippen LogP contribution in [0.15, 0.2) is 59.7 Å². The van der Waals surface area contributed by atoms with Crippen LogP contribution in [-0.4, -0.2) is 34.1 Å². The predicted molar refractivity (Wildman–Crippen MR) is 104 cm³/mol. The summed E-state index contributed by atoms with van der Waals surface area (Å²) < 4.78 is 0. The van der Waals surface area contributed by atoms with E-state index >= 15 is 0 Å². The Morgan fingerprint density at radius 1 is 0.613 bits per heavy atom. The quantitative estimate of drug-likeness (QED) is 0.503. The van der Waals surface area contributed by atoms with Crippen molar-refractivity contribution in [2.75, 3.05) is 0 Å². The monoisotopic (exact) mass is 473 g/mol. The third-order valence-electron chi connectivity index (χ3n) is 4.45. The Kier molecular flexibility index (Phi) is 9.45. The van der Waals surface area contributed by atoms with E-state index in [0.717, 1.165) is 0 Å². The first-order valence-electron chi connectivity index (χ1n) is 8.37. The van der Waals surface area contributed by atoms with E-state index in [0.29, 0.717) is 11.1 Å². The van der Waals surface area contributed by atoms with Crippen LogP contribution < -0.4 is 10.2 Å². The summed E-state index contributed by atoms with van der Waals surface area (Å²) in [4.78, 5) is 46.0. The Balaban J connectivity index is 0.000000529. The van der Waals surface area contributed by atoms with Crippen LogP contribution in [-0.2, 0) is 17.1 Å². The van der Waals surface area contributed by atoms with Gasteiger partial charge in [-0.05, 0) is 26.0 Å². The molecule has 8 nitrogen and oxygen atoms in total. The largest absolute Gasteiger partial charge is 2.00 e. The van der Waals surface area contributed by atoms with Crippen molar-refractivity contribution < 1.29 is 57.4 Å². The molecule has 2 aliphatic rings. The number of carbonyl (C=O) groups excluding carboxylic acids is 4. The number of Topliss-reactive ketones (excluding diaryl/α,β-unsaturated/α-hetero) is 2. The number of ketones is 4. The summed E-state index contributed by atoms with van der Waals surface area (Å²) in [5, 5.41) is 22.6. The molecule has 0 saturated carbocycles. The molecule has 9 heteroatoms. The first-order valence-corrected chi connectivity index (χ1v) is 8.37. The van der Waals surface area contributed by atoms with Crippen molar-refractivity contribution in [1.29, 1.82) is 0 Å². The molecule has 0 atom stereocenters. The molecule has 31 heavy (non-hydrogen) atoms. The second-order valence-electron chi connectivity index (χ2n) is 6.40. The van der Waals surface area contributed by atoms with Crippen LogP contribution in [0.2, 0.25) is 0 Å². The maximum Gasteiger partial charge on any atom is 2.00 e. The molecule has 0 aromatic heterocycles. The van der Waals surface area contributed by atoms with Crippen LogP contribution >= 0.6 is 0 Å². The molecule has 165 valence electrons. The number of rotatable bonds is 0. The molecule has 0 spiro atoms. The molecule has 4 N–H and O–H groups in total. The number of carbonyl (C=O) groups is 4. The van der Waals surface area contributed by atoms with Crippen molar-refractivity contribution in [1.82, 2.24) is 0 Å². The van der Waals surface area contributed by atoms with Crippen LogP contribution in [0.5, 0.6) is 11.5 Å². The molecule has 0 unspecified atom stereocenters. The third-order valence-corrected chi connectivity index (χ3v) is 4.45. The summed E-state index contributed by atoms with van der Waals surface area (Å²) in [5.41, 5.74) is 1.22. The summed E-state index contributed by atoms with van der Waals surface area (Å²) in [6.07, 6.45) is 2.43. The molecule has 0 bridgehead atoms. The van der Waals surface area contributed by atoms with Crippen molar-refractivity contribution in [3.05, 3.63) is 82.0 Å². The first kappa shape index (κ1) is 27.6. The fourth-order valence-corrected chi connectivity index (χ4v) is 3.04. The van der Waals surface area contributed by atoms with E-state index in [4.69, 9.17) is 0 Å². The maximum atomic E-state index is 11.6. The molecular weight excluding hydrogens is 456 g/mol. The maximum absolute atomic E-state index is 11.6. The molecule has 0 fully saturated rings. The van der Waals surface area contributed by atoms with Gasteiger partial charge in [0, 0.05) is 33.4 Å². The van der Waals surface area contributed by atoms with Crippen LogP contribution in [0.3, 0.4) is 0 Å². The average Bonchev–Trinajstić information content (AvgIpc) is 2.64. The van der Waals surface area contributed by atoms with Gasteiger partial charge in [0.1, 0.15) is 0 Å². The number of fused-ring (bicyclic) bond motifs is 2. The van der Waals surface area contributed by atoms with Crippen LogP contribution in [0, 0.1) is 0 Å². The fourth-order valence-electron chi connectivity index (χ4n) is 3.04. The minimum atomic E-state index is -0.385. The van der Waals surface area contributed by atoms with Gasteiger partial charge in [-0.1, -0.05) is 47.9 Å². The van der Waals surface area contributed by atoms with E-state index in [1.54, 1.807) is 13.8 Å². The zero-order valence-electron chi connectivity index (χ0n) is 16.4. The van der Waals surface area contributed by atoms with E-state index in [2.05, 4.69) is 0 Å². The van der Waals surface area contributed by atoms with E-state index in [9.17, 15) is 29.4 Å². The first-order chi connectivity index (χ1) is 13.2. The Morgan fingerprint density at radius 3 is 1.26 bits per heavy atom. The van der Waals surface area contributed by atoms with Gasteiger partial charge in [0.05, 0.1) is 0 Å². The van der Waals surface area contributed by atoms with Crippen LogP contribution in [0.4, 0.5) is 0 Å². The number of allylic oxidation sites excluding steroid dienone is 4. The number of hydrogen-bond donors (Lipinski definition) is 0. The molecule has 2 aliphatic carbocycles. The van der Waals surface area contributed by atoms with Gasteiger partial charge in [-0.15, -0.1) is 0 Å². The van der Waals surface area contributed by atoms with Crippen molar-refractivity contribution in [3.8, 4) is 11.5 Å². The van der Waals surface area contributed by atoms with Crippen molar-refractivity contribution in [2.45, 2.75) is 13.8 Å². The summed E-state index contributed by atoms with van der Waals surface area (Å²) in [7, 11) is 0. The third kappa shape index (κ3) is 5.04. The Labute approximate surface area is 188 Å². The van der Waals surface area contributed by atoms with Gasteiger partial charge < -0.3 is 21.2 Å². The van der Waals surface area contributed by atoms with E-state index in [1.165, 1.54) is 48.6 Å². The smallest absolute Gasteiger partial charge is 0.872 e. The Hall–Kier alpha value is -3.36. The molecule has 0 saturated heterocycles. The van der Waals surface area contributed by atoms with Crippen LogP contribution in [0.25, 0.3) is 0 Å². The van der Waals surface area contributed by atoms with Gasteiger partial charge in [0.15, 0.2) is 23.1 Å². The molecule has 0 amide bonds. The average molecular weight is 474 g/mol. The SMILES string of the molecule is CC1=CC(=O)c2c([O-])cccc2C1=O.CC1=CC(=O)c2c([O-])cccc2C1=O.O.O.[Cu+2]. The van der Waals surface area contributed by atoms with E-state index in [1.807, 2.05) is 0 Å². The van der Waals surface area contributed by atoms with E-state index in [-0.39, 0.29) is 84.9 Å².